The highest BCUT2D eigenvalue weighted by atomic mass is 35.5. The maximum atomic E-state index is 11.8. The van der Waals surface area contributed by atoms with Gasteiger partial charge in [-0.15, -0.1) is 24.8 Å². The number of amides is 2. The van der Waals surface area contributed by atoms with Crippen molar-refractivity contribution >= 4 is 36.6 Å². The third-order valence-electron chi connectivity index (χ3n) is 2.87. The lowest BCUT2D eigenvalue weighted by Gasteiger charge is -2.35. The van der Waals surface area contributed by atoms with Crippen molar-refractivity contribution in [2.75, 3.05) is 32.7 Å². The van der Waals surface area contributed by atoms with Crippen molar-refractivity contribution in [1.82, 2.24) is 9.80 Å². The van der Waals surface area contributed by atoms with E-state index in [-0.39, 0.29) is 37.1 Å². The van der Waals surface area contributed by atoms with Gasteiger partial charge in [-0.3, -0.25) is 9.59 Å². The van der Waals surface area contributed by atoms with Gasteiger partial charge in [-0.25, -0.2) is 0 Å². The molecule has 8 heteroatoms. The Morgan fingerprint density at radius 3 is 2.06 bits per heavy atom. The quantitative estimate of drug-likeness (QED) is 0.711. The SMILES string of the molecule is CCN1CCN(C(=O)C(N)CC(N)=O)CC1.Cl.Cl. The third-order valence-corrected chi connectivity index (χ3v) is 2.87. The van der Waals surface area contributed by atoms with Crippen molar-refractivity contribution in [3.05, 3.63) is 0 Å². The molecular weight excluding hydrogens is 279 g/mol. The van der Waals surface area contributed by atoms with Crippen LogP contribution in [-0.4, -0.2) is 60.4 Å². The second-order valence-electron chi connectivity index (χ2n) is 4.04. The molecule has 1 fully saturated rings. The highest BCUT2D eigenvalue weighted by Gasteiger charge is 2.25. The van der Waals surface area contributed by atoms with Crippen LogP contribution in [0, 0.1) is 0 Å². The number of nitrogens with zero attached hydrogens (tertiary/aromatic N) is 2. The maximum Gasteiger partial charge on any atom is 0.240 e. The number of nitrogens with two attached hydrogens (primary N) is 2. The zero-order valence-corrected chi connectivity index (χ0v) is 12.1. The van der Waals surface area contributed by atoms with Gasteiger partial charge >= 0.3 is 0 Å². The highest BCUT2D eigenvalue weighted by Crippen LogP contribution is 2.04. The predicted molar refractivity (Wildman–Crippen MR) is 75.0 cm³/mol. The van der Waals surface area contributed by atoms with E-state index in [0.717, 1.165) is 19.6 Å². The number of carbonyl (C=O) groups is 2. The molecule has 1 atom stereocenters. The fourth-order valence-electron chi connectivity index (χ4n) is 1.82. The Hall–Kier alpha value is -0.560. The van der Waals surface area contributed by atoms with Crippen LogP contribution < -0.4 is 11.5 Å². The van der Waals surface area contributed by atoms with E-state index in [9.17, 15) is 9.59 Å². The average Bonchev–Trinajstić information content (AvgIpc) is 2.27. The molecule has 0 spiro atoms. The molecule has 6 nitrogen and oxygen atoms in total. The van der Waals surface area contributed by atoms with Gasteiger partial charge in [0.1, 0.15) is 0 Å². The number of hydrogen-bond donors (Lipinski definition) is 2. The molecule has 0 aliphatic carbocycles. The van der Waals surface area contributed by atoms with Gasteiger partial charge in [0.25, 0.3) is 0 Å². The molecule has 0 bridgehead atoms. The lowest BCUT2D eigenvalue weighted by molar-refractivity contribution is -0.136. The van der Waals surface area contributed by atoms with Crippen LogP contribution >= 0.6 is 24.8 Å². The third kappa shape index (κ3) is 5.86. The van der Waals surface area contributed by atoms with Crippen LogP contribution in [0.1, 0.15) is 13.3 Å². The first-order valence-corrected chi connectivity index (χ1v) is 5.59. The minimum absolute atomic E-state index is 0. The number of carbonyl (C=O) groups excluding carboxylic acids is 2. The molecule has 1 rings (SSSR count). The molecule has 1 unspecified atom stereocenters. The summed E-state index contributed by atoms with van der Waals surface area (Å²) < 4.78 is 0. The Kier molecular flexibility index (Phi) is 10.3. The standard InChI is InChI=1S/C10H20N4O2.2ClH/c1-2-13-3-5-14(6-4-13)10(16)8(11)7-9(12)15;;/h8H,2-7,11H2,1H3,(H2,12,15);2*1H. The highest BCUT2D eigenvalue weighted by molar-refractivity contribution is 5.87. The number of rotatable bonds is 4. The van der Waals surface area contributed by atoms with Crippen LogP contribution in [0.3, 0.4) is 0 Å². The number of piperazine rings is 1. The van der Waals surface area contributed by atoms with Crippen LogP contribution in [-0.2, 0) is 9.59 Å². The summed E-state index contributed by atoms with van der Waals surface area (Å²) in [5.41, 5.74) is 10.6. The van der Waals surface area contributed by atoms with E-state index in [1.165, 1.54) is 0 Å². The molecule has 1 heterocycles. The molecule has 0 aromatic rings. The summed E-state index contributed by atoms with van der Waals surface area (Å²) in [5.74, 6) is -0.706. The first-order chi connectivity index (χ1) is 7.54. The minimum Gasteiger partial charge on any atom is -0.370 e. The summed E-state index contributed by atoms with van der Waals surface area (Å²) in [4.78, 5) is 26.4. The summed E-state index contributed by atoms with van der Waals surface area (Å²) in [6.07, 6.45) is -0.0766. The smallest absolute Gasteiger partial charge is 0.240 e. The molecule has 1 aliphatic rings. The number of hydrogen-bond acceptors (Lipinski definition) is 4. The lowest BCUT2D eigenvalue weighted by Crippen LogP contribution is -2.53. The predicted octanol–water partition coefficient (Wildman–Crippen LogP) is -0.803. The van der Waals surface area contributed by atoms with E-state index in [0.29, 0.717) is 13.1 Å². The van der Waals surface area contributed by atoms with Crippen molar-refractivity contribution in [1.29, 1.82) is 0 Å². The normalized spacial score (nSPS) is 17.3. The first-order valence-electron chi connectivity index (χ1n) is 5.59. The molecule has 2 amide bonds. The molecule has 0 aromatic carbocycles. The van der Waals surface area contributed by atoms with Crippen molar-refractivity contribution in [2.45, 2.75) is 19.4 Å². The number of primary amides is 1. The van der Waals surface area contributed by atoms with Gasteiger partial charge in [0, 0.05) is 26.2 Å². The molecule has 0 saturated carbocycles. The second kappa shape index (κ2) is 9.38. The van der Waals surface area contributed by atoms with E-state index in [2.05, 4.69) is 11.8 Å². The van der Waals surface area contributed by atoms with Crippen LogP contribution in [0.4, 0.5) is 0 Å². The fourth-order valence-corrected chi connectivity index (χ4v) is 1.82. The van der Waals surface area contributed by atoms with Gasteiger partial charge in [0.2, 0.25) is 11.8 Å². The molecular formula is C10H22Cl2N4O2. The van der Waals surface area contributed by atoms with E-state index in [1.54, 1.807) is 4.90 Å². The van der Waals surface area contributed by atoms with E-state index in [4.69, 9.17) is 11.5 Å². The molecule has 0 aromatic heterocycles. The lowest BCUT2D eigenvalue weighted by atomic mass is 10.1. The molecule has 1 aliphatic heterocycles. The van der Waals surface area contributed by atoms with Gasteiger partial charge < -0.3 is 21.3 Å². The molecule has 18 heavy (non-hydrogen) atoms. The molecule has 0 radical (unpaired) electrons. The Morgan fingerprint density at radius 1 is 1.17 bits per heavy atom. The van der Waals surface area contributed by atoms with Crippen LogP contribution in [0.25, 0.3) is 0 Å². The molecule has 1 saturated heterocycles. The first kappa shape index (κ1) is 19.8. The zero-order chi connectivity index (χ0) is 12.1. The van der Waals surface area contributed by atoms with Gasteiger partial charge in [-0.1, -0.05) is 6.92 Å². The average molecular weight is 301 g/mol. The number of likely N-dealkylation sites (N-methyl/N-ethyl adjacent to an activating group) is 1. The van der Waals surface area contributed by atoms with Gasteiger partial charge in [-0.05, 0) is 6.54 Å². The Bertz CT molecular complexity index is 271. The minimum atomic E-state index is -0.786. The zero-order valence-electron chi connectivity index (χ0n) is 10.5. The van der Waals surface area contributed by atoms with Crippen LogP contribution in [0.5, 0.6) is 0 Å². The monoisotopic (exact) mass is 300 g/mol. The Labute approximate surface area is 120 Å². The van der Waals surface area contributed by atoms with Crippen molar-refractivity contribution < 1.29 is 9.59 Å². The summed E-state index contributed by atoms with van der Waals surface area (Å²) in [6, 6.07) is -0.786. The van der Waals surface area contributed by atoms with Gasteiger partial charge in [-0.2, -0.15) is 0 Å². The van der Waals surface area contributed by atoms with Crippen LogP contribution in [0.15, 0.2) is 0 Å². The molecule has 108 valence electrons. The number of halogens is 2. The van der Waals surface area contributed by atoms with E-state index in [1.807, 2.05) is 0 Å². The summed E-state index contributed by atoms with van der Waals surface area (Å²) in [5, 5.41) is 0. The van der Waals surface area contributed by atoms with Gasteiger partial charge in [0.15, 0.2) is 0 Å². The second-order valence-corrected chi connectivity index (χ2v) is 4.04. The van der Waals surface area contributed by atoms with E-state index < -0.39 is 11.9 Å². The summed E-state index contributed by atoms with van der Waals surface area (Å²) in [7, 11) is 0. The topological polar surface area (TPSA) is 92.7 Å². The summed E-state index contributed by atoms with van der Waals surface area (Å²) in [6.45, 7) is 6.18. The largest absolute Gasteiger partial charge is 0.370 e. The maximum absolute atomic E-state index is 11.8. The Balaban J connectivity index is 0. The Morgan fingerprint density at radius 2 is 1.67 bits per heavy atom. The van der Waals surface area contributed by atoms with Crippen molar-refractivity contribution in [3.8, 4) is 0 Å². The summed E-state index contributed by atoms with van der Waals surface area (Å²) >= 11 is 0. The van der Waals surface area contributed by atoms with Crippen molar-refractivity contribution in [2.24, 2.45) is 11.5 Å². The van der Waals surface area contributed by atoms with Crippen molar-refractivity contribution in [3.63, 3.8) is 0 Å². The van der Waals surface area contributed by atoms with E-state index >= 15 is 0 Å². The fraction of sp³-hybridized carbons (Fsp3) is 0.800. The van der Waals surface area contributed by atoms with Crippen LogP contribution in [0.2, 0.25) is 0 Å². The van der Waals surface area contributed by atoms with Gasteiger partial charge in [0.05, 0.1) is 12.5 Å². The molecule has 4 N–H and O–H groups in total.